The largest absolute Gasteiger partial charge is 0.508 e. The lowest BCUT2D eigenvalue weighted by atomic mass is 10.2. The summed E-state index contributed by atoms with van der Waals surface area (Å²) in [5, 5.41) is 13.5. The number of benzene rings is 3. The SMILES string of the molecule is O=C(N/N=C/c1ccc(O)cc1)c1ccc(NS(=O)(=O)c2ccc(Cl)cc2)cc1. The van der Waals surface area contributed by atoms with Crippen LogP contribution in [-0.2, 0) is 10.0 Å². The number of nitrogens with zero attached hydrogens (tertiary/aromatic N) is 1. The molecule has 0 heterocycles. The molecule has 3 aromatic carbocycles. The van der Waals surface area contributed by atoms with E-state index in [1.165, 1.54) is 66.9 Å². The Labute approximate surface area is 172 Å². The number of halogens is 1. The maximum Gasteiger partial charge on any atom is 0.271 e. The molecule has 0 aliphatic rings. The lowest BCUT2D eigenvalue weighted by molar-refractivity contribution is 0.0955. The Bertz CT molecular complexity index is 1130. The van der Waals surface area contributed by atoms with Crippen LogP contribution in [0, 0.1) is 0 Å². The molecule has 0 bridgehead atoms. The van der Waals surface area contributed by atoms with Gasteiger partial charge in [-0.3, -0.25) is 9.52 Å². The van der Waals surface area contributed by atoms with E-state index in [1.54, 1.807) is 12.1 Å². The summed E-state index contributed by atoms with van der Waals surface area (Å²) < 4.78 is 27.2. The van der Waals surface area contributed by atoms with Gasteiger partial charge in [0.25, 0.3) is 15.9 Å². The number of carbonyl (C=O) groups is 1. The molecule has 0 aliphatic carbocycles. The van der Waals surface area contributed by atoms with Crippen molar-refractivity contribution in [3.8, 4) is 5.75 Å². The van der Waals surface area contributed by atoms with Gasteiger partial charge in [-0.2, -0.15) is 5.10 Å². The average molecular weight is 430 g/mol. The maximum absolute atomic E-state index is 12.4. The van der Waals surface area contributed by atoms with Gasteiger partial charge < -0.3 is 5.11 Å². The average Bonchev–Trinajstić information content (AvgIpc) is 2.70. The van der Waals surface area contributed by atoms with E-state index < -0.39 is 15.9 Å². The molecule has 0 fully saturated rings. The molecule has 148 valence electrons. The van der Waals surface area contributed by atoms with Crippen molar-refractivity contribution < 1.29 is 18.3 Å². The first kappa shape index (κ1) is 20.4. The second kappa shape index (κ2) is 8.76. The fourth-order valence-electron chi connectivity index (χ4n) is 2.31. The molecule has 0 spiro atoms. The van der Waals surface area contributed by atoms with Crippen LogP contribution in [0.1, 0.15) is 15.9 Å². The first-order chi connectivity index (χ1) is 13.8. The van der Waals surface area contributed by atoms with Crippen LogP contribution in [0.3, 0.4) is 0 Å². The summed E-state index contributed by atoms with van der Waals surface area (Å²) in [5.74, 6) is -0.315. The number of anilines is 1. The van der Waals surface area contributed by atoms with Gasteiger partial charge in [-0.1, -0.05) is 11.6 Å². The molecule has 0 aliphatic heterocycles. The molecule has 1 amide bonds. The van der Waals surface area contributed by atoms with Crippen LogP contribution in [0.15, 0.2) is 82.8 Å². The third-order valence-electron chi connectivity index (χ3n) is 3.80. The summed E-state index contributed by atoms with van der Waals surface area (Å²) in [4.78, 5) is 12.2. The standard InChI is InChI=1S/C20H16ClN3O4S/c21-16-5-11-19(12-6-16)29(27,28)24-17-7-3-15(4-8-17)20(26)23-22-13-14-1-9-18(25)10-2-14/h1-13,24-25H,(H,23,26)/b22-13+. The van der Waals surface area contributed by atoms with Crippen molar-refractivity contribution in [2.45, 2.75) is 4.90 Å². The van der Waals surface area contributed by atoms with Gasteiger partial charge in [0.2, 0.25) is 0 Å². The first-order valence-corrected chi connectivity index (χ1v) is 10.2. The summed E-state index contributed by atoms with van der Waals surface area (Å²) in [6.45, 7) is 0. The number of sulfonamides is 1. The van der Waals surface area contributed by atoms with Gasteiger partial charge in [-0.15, -0.1) is 0 Å². The molecular weight excluding hydrogens is 414 g/mol. The molecular formula is C20H16ClN3O4S. The minimum Gasteiger partial charge on any atom is -0.508 e. The molecule has 0 radical (unpaired) electrons. The zero-order chi connectivity index (χ0) is 20.9. The minimum atomic E-state index is -3.76. The molecule has 3 rings (SSSR count). The molecule has 0 saturated carbocycles. The summed E-state index contributed by atoms with van der Waals surface area (Å²) in [6, 6.07) is 18.0. The highest BCUT2D eigenvalue weighted by Crippen LogP contribution is 2.18. The zero-order valence-electron chi connectivity index (χ0n) is 14.9. The number of aromatic hydroxyl groups is 1. The third kappa shape index (κ3) is 5.56. The van der Waals surface area contributed by atoms with Crippen molar-refractivity contribution in [2.75, 3.05) is 4.72 Å². The van der Waals surface area contributed by atoms with Crippen LogP contribution >= 0.6 is 11.6 Å². The Morgan fingerprint density at radius 3 is 2.17 bits per heavy atom. The highest BCUT2D eigenvalue weighted by molar-refractivity contribution is 7.92. The monoisotopic (exact) mass is 429 g/mol. The van der Waals surface area contributed by atoms with Crippen LogP contribution in [0.25, 0.3) is 0 Å². The van der Waals surface area contributed by atoms with Crippen LogP contribution in [0.2, 0.25) is 5.02 Å². The van der Waals surface area contributed by atoms with E-state index in [0.717, 1.165) is 0 Å². The predicted molar refractivity (Wildman–Crippen MR) is 112 cm³/mol. The molecule has 0 unspecified atom stereocenters. The fourth-order valence-corrected chi connectivity index (χ4v) is 3.49. The summed E-state index contributed by atoms with van der Waals surface area (Å²) in [6.07, 6.45) is 1.44. The lowest BCUT2D eigenvalue weighted by Gasteiger charge is -2.08. The number of phenolic OH excluding ortho intramolecular Hbond substituents is 1. The van der Waals surface area contributed by atoms with E-state index in [1.807, 2.05) is 0 Å². The van der Waals surface area contributed by atoms with Crippen molar-refractivity contribution in [3.05, 3.63) is 88.9 Å². The molecule has 7 nitrogen and oxygen atoms in total. The number of phenols is 1. The van der Waals surface area contributed by atoms with Gasteiger partial charge in [0.05, 0.1) is 11.1 Å². The smallest absolute Gasteiger partial charge is 0.271 e. The summed E-state index contributed by atoms with van der Waals surface area (Å²) in [7, 11) is -3.76. The van der Waals surface area contributed by atoms with Crippen molar-refractivity contribution in [1.29, 1.82) is 0 Å². The number of hydrogen-bond acceptors (Lipinski definition) is 5. The Hall–Kier alpha value is -3.36. The van der Waals surface area contributed by atoms with Crippen LogP contribution in [0.5, 0.6) is 5.75 Å². The van der Waals surface area contributed by atoms with Gasteiger partial charge in [0, 0.05) is 16.3 Å². The Morgan fingerprint density at radius 2 is 1.55 bits per heavy atom. The molecule has 0 aromatic heterocycles. The molecule has 0 atom stereocenters. The second-order valence-corrected chi connectivity index (χ2v) is 8.05. The number of hydrogen-bond donors (Lipinski definition) is 3. The Kier molecular flexibility index (Phi) is 6.16. The van der Waals surface area contributed by atoms with E-state index in [2.05, 4.69) is 15.2 Å². The molecule has 0 saturated heterocycles. The van der Waals surface area contributed by atoms with Gasteiger partial charge in [0.1, 0.15) is 5.75 Å². The molecule has 3 aromatic rings. The quantitative estimate of drug-likeness (QED) is 0.411. The van der Waals surface area contributed by atoms with E-state index in [0.29, 0.717) is 21.8 Å². The Morgan fingerprint density at radius 1 is 0.931 bits per heavy atom. The normalized spacial score (nSPS) is 11.3. The van der Waals surface area contributed by atoms with E-state index in [-0.39, 0.29) is 10.6 Å². The zero-order valence-corrected chi connectivity index (χ0v) is 16.5. The first-order valence-electron chi connectivity index (χ1n) is 8.34. The molecule has 3 N–H and O–H groups in total. The number of rotatable bonds is 6. The number of amides is 1. The lowest BCUT2D eigenvalue weighted by Crippen LogP contribution is -2.18. The second-order valence-electron chi connectivity index (χ2n) is 5.93. The van der Waals surface area contributed by atoms with Crippen LogP contribution in [-0.4, -0.2) is 25.6 Å². The van der Waals surface area contributed by atoms with Crippen LogP contribution in [0.4, 0.5) is 5.69 Å². The van der Waals surface area contributed by atoms with Crippen molar-refractivity contribution in [1.82, 2.24) is 5.43 Å². The third-order valence-corrected chi connectivity index (χ3v) is 5.45. The number of carbonyl (C=O) groups excluding carboxylic acids is 1. The van der Waals surface area contributed by atoms with E-state index >= 15 is 0 Å². The predicted octanol–water partition coefficient (Wildman–Crippen LogP) is 3.61. The maximum atomic E-state index is 12.4. The molecule has 9 heteroatoms. The van der Waals surface area contributed by atoms with E-state index in [9.17, 15) is 18.3 Å². The van der Waals surface area contributed by atoms with Crippen molar-refractivity contribution in [2.24, 2.45) is 5.10 Å². The summed E-state index contributed by atoms with van der Waals surface area (Å²) in [5.41, 5.74) is 3.70. The van der Waals surface area contributed by atoms with Gasteiger partial charge in [-0.05, 0) is 78.4 Å². The topological polar surface area (TPSA) is 108 Å². The fraction of sp³-hybridized carbons (Fsp3) is 0. The minimum absolute atomic E-state index is 0.0762. The Balaban J connectivity index is 1.62. The number of hydrazone groups is 1. The van der Waals surface area contributed by atoms with Gasteiger partial charge in [0.15, 0.2) is 0 Å². The van der Waals surface area contributed by atoms with Crippen molar-refractivity contribution >= 4 is 39.4 Å². The molecule has 29 heavy (non-hydrogen) atoms. The van der Waals surface area contributed by atoms with Gasteiger partial charge >= 0.3 is 0 Å². The summed E-state index contributed by atoms with van der Waals surface area (Å²) >= 11 is 5.77. The van der Waals surface area contributed by atoms with Crippen LogP contribution < -0.4 is 10.1 Å². The highest BCUT2D eigenvalue weighted by atomic mass is 35.5. The van der Waals surface area contributed by atoms with E-state index in [4.69, 9.17) is 11.6 Å². The number of nitrogens with one attached hydrogen (secondary N) is 2. The highest BCUT2D eigenvalue weighted by Gasteiger charge is 2.14. The van der Waals surface area contributed by atoms with Crippen molar-refractivity contribution in [3.63, 3.8) is 0 Å². The van der Waals surface area contributed by atoms with Gasteiger partial charge in [-0.25, -0.2) is 13.8 Å².